The highest BCUT2D eigenvalue weighted by atomic mass is 32.1. The van der Waals surface area contributed by atoms with Crippen LogP contribution in [0.3, 0.4) is 0 Å². The Balaban J connectivity index is 1.99. The molecule has 0 fully saturated rings. The largest absolute Gasteiger partial charge is 0.434 e. The second-order valence-electron chi connectivity index (χ2n) is 5.89. The van der Waals surface area contributed by atoms with Crippen molar-refractivity contribution in [3.8, 4) is 0 Å². The summed E-state index contributed by atoms with van der Waals surface area (Å²) in [5.74, 6) is 0.725. The van der Waals surface area contributed by atoms with Crippen molar-refractivity contribution in [3.63, 3.8) is 0 Å². The van der Waals surface area contributed by atoms with Crippen molar-refractivity contribution in [3.05, 3.63) is 51.5 Å². The van der Waals surface area contributed by atoms with E-state index in [-0.39, 0.29) is 0 Å². The fraction of sp³-hybridized carbons (Fsp3) is 0.444. The van der Waals surface area contributed by atoms with Crippen molar-refractivity contribution in [1.29, 1.82) is 0 Å². The molecule has 26 heavy (non-hydrogen) atoms. The van der Waals surface area contributed by atoms with Gasteiger partial charge in [0.2, 0.25) is 0 Å². The van der Waals surface area contributed by atoms with Gasteiger partial charge in [0.05, 0.1) is 5.01 Å². The van der Waals surface area contributed by atoms with Gasteiger partial charge in [0.1, 0.15) is 0 Å². The maximum Gasteiger partial charge on any atom is 0.434 e. The van der Waals surface area contributed by atoms with Crippen LogP contribution in [0.25, 0.3) is 0 Å². The third-order valence-electron chi connectivity index (χ3n) is 3.79. The molecule has 1 aromatic carbocycles. The van der Waals surface area contributed by atoms with E-state index in [9.17, 15) is 13.2 Å². The van der Waals surface area contributed by atoms with Crippen LogP contribution in [0.15, 0.2) is 34.6 Å². The number of benzene rings is 1. The number of hydrogen-bond donors (Lipinski definition) is 1. The molecule has 0 spiro atoms. The van der Waals surface area contributed by atoms with E-state index in [0.29, 0.717) is 31.1 Å². The second-order valence-corrected chi connectivity index (χ2v) is 6.84. The van der Waals surface area contributed by atoms with Gasteiger partial charge in [-0.05, 0) is 25.0 Å². The number of hydrogen-bond acceptors (Lipinski definition) is 3. The number of aromatic nitrogens is 1. The molecule has 0 atom stereocenters. The summed E-state index contributed by atoms with van der Waals surface area (Å²) in [4.78, 5) is 10.2. The van der Waals surface area contributed by atoms with Gasteiger partial charge in [-0.15, -0.1) is 11.3 Å². The predicted octanol–water partition coefficient (Wildman–Crippen LogP) is 4.11. The van der Waals surface area contributed by atoms with Crippen molar-refractivity contribution in [2.75, 3.05) is 20.1 Å². The minimum Gasteiger partial charge on any atom is -0.357 e. The van der Waals surface area contributed by atoms with Crippen LogP contribution in [0.5, 0.6) is 0 Å². The molecule has 2 rings (SSSR count). The first-order valence-corrected chi connectivity index (χ1v) is 9.24. The lowest BCUT2D eigenvalue weighted by molar-refractivity contribution is -0.140. The Morgan fingerprint density at radius 2 is 2.04 bits per heavy atom. The Morgan fingerprint density at radius 3 is 2.65 bits per heavy atom. The van der Waals surface area contributed by atoms with Gasteiger partial charge >= 0.3 is 6.18 Å². The van der Waals surface area contributed by atoms with Gasteiger partial charge in [-0.25, -0.2) is 4.98 Å². The fourth-order valence-corrected chi connectivity index (χ4v) is 3.20. The first-order chi connectivity index (χ1) is 12.3. The van der Waals surface area contributed by atoms with E-state index in [2.05, 4.69) is 34.3 Å². The maximum atomic E-state index is 12.6. The lowest BCUT2D eigenvalue weighted by atomic mass is 10.1. The minimum absolute atomic E-state index is 0.380. The summed E-state index contributed by atoms with van der Waals surface area (Å²) in [6.07, 6.45) is -4.01. The number of halogens is 3. The summed E-state index contributed by atoms with van der Waals surface area (Å²) in [7, 11) is 1.94. The summed E-state index contributed by atoms with van der Waals surface area (Å²) < 4.78 is 37.8. The average Bonchev–Trinajstić information content (AvgIpc) is 3.05. The Morgan fingerprint density at radius 1 is 1.31 bits per heavy atom. The Kier molecular flexibility index (Phi) is 7.02. The third kappa shape index (κ3) is 5.72. The van der Waals surface area contributed by atoms with E-state index in [1.54, 1.807) is 0 Å². The zero-order valence-corrected chi connectivity index (χ0v) is 15.9. The topological polar surface area (TPSA) is 40.5 Å². The molecule has 0 aliphatic carbocycles. The molecule has 2 aromatic rings. The molecule has 0 unspecified atom stereocenters. The summed E-state index contributed by atoms with van der Waals surface area (Å²) in [6.45, 7) is 5.84. The molecule has 142 valence electrons. The van der Waals surface area contributed by atoms with E-state index < -0.39 is 11.9 Å². The molecule has 1 N–H and O–H groups in total. The number of guanidine groups is 1. The second kappa shape index (κ2) is 9.02. The number of nitrogens with zero attached hydrogens (tertiary/aromatic N) is 3. The highest BCUT2D eigenvalue weighted by molar-refractivity contribution is 7.09. The van der Waals surface area contributed by atoms with E-state index in [1.165, 1.54) is 11.1 Å². The van der Waals surface area contributed by atoms with Gasteiger partial charge in [-0.3, -0.25) is 4.99 Å². The van der Waals surface area contributed by atoms with Crippen LogP contribution in [0.4, 0.5) is 13.2 Å². The quantitative estimate of drug-likeness (QED) is 0.602. The maximum absolute atomic E-state index is 12.6. The molecular weight excluding hydrogens is 361 g/mol. The summed E-state index contributed by atoms with van der Waals surface area (Å²) >= 11 is 1.02. The van der Waals surface area contributed by atoms with Crippen molar-refractivity contribution in [1.82, 2.24) is 15.2 Å². The van der Waals surface area contributed by atoms with E-state index in [0.717, 1.165) is 22.7 Å². The molecule has 0 saturated heterocycles. The first kappa shape index (κ1) is 20.2. The van der Waals surface area contributed by atoms with Crippen molar-refractivity contribution in [2.24, 2.45) is 4.99 Å². The van der Waals surface area contributed by atoms with Crippen LogP contribution < -0.4 is 5.32 Å². The predicted molar refractivity (Wildman–Crippen MR) is 99.4 cm³/mol. The zero-order valence-electron chi connectivity index (χ0n) is 15.1. The number of thiazole rings is 1. The fourth-order valence-electron chi connectivity index (χ4n) is 2.40. The van der Waals surface area contributed by atoms with E-state index >= 15 is 0 Å². The van der Waals surface area contributed by atoms with Crippen LogP contribution in [-0.2, 0) is 19.1 Å². The molecule has 8 heteroatoms. The number of rotatable bonds is 6. The Hall–Kier alpha value is -2.09. The molecule has 1 aromatic heterocycles. The smallest absolute Gasteiger partial charge is 0.357 e. The average molecular weight is 384 g/mol. The SMILES string of the molecule is CCNC(=NCCc1nc(C(F)(F)F)cs1)N(C)Cc1ccccc1C. The molecule has 0 radical (unpaired) electrons. The molecule has 0 amide bonds. The van der Waals surface area contributed by atoms with Gasteiger partial charge < -0.3 is 10.2 Å². The normalized spacial score (nSPS) is 12.3. The van der Waals surface area contributed by atoms with Crippen LogP contribution in [0, 0.1) is 6.92 Å². The lowest BCUT2D eigenvalue weighted by Gasteiger charge is -2.23. The van der Waals surface area contributed by atoms with Crippen molar-refractivity contribution >= 4 is 17.3 Å². The summed E-state index contributed by atoms with van der Waals surface area (Å²) in [6, 6.07) is 8.14. The van der Waals surface area contributed by atoms with Gasteiger partial charge in [0, 0.05) is 38.5 Å². The van der Waals surface area contributed by atoms with Crippen LogP contribution >= 0.6 is 11.3 Å². The van der Waals surface area contributed by atoms with Gasteiger partial charge in [0.15, 0.2) is 11.7 Å². The van der Waals surface area contributed by atoms with Crippen molar-refractivity contribution < 1.29 is 13.2 Å². The number of aliphatic imine (C=N–C) groups is 1. The number of aryl methyl sites for hydroxylation is 1. The molecule has 0 aliphatic rings. The van der Waals surface area contributed by atoms with Gasteiger partial charge in [0.25, 0.3) is 0 Å². The van der Waals surface area contributed by atoms with Crippen LogP contribution in [0.2, 0.25) is 0 Å². The molecular formula is C18H23F3N4S. The van der Waals surface area contributed by atoms with Crippen LogP contribution in [-0.4, -0.2) is 36.0 Å². The highest BCUT2D eigenvalue weighted by Gasteiger charge is 2.33. The van der Waals surface area contributed by atoms with E-state index in [4.69, 9.17) is 0 Å². The molecule has 4 nitrogen and oxygen atoms in total. The number of nitrogens with one attached hydrogen (secondary N) is 1. The van der Waals surface area contributed by atoms with Gasteiger partial charge in [-0.2, -0.15) is 13.2 Å². The first-order valence-electron chi connectivity index (χ1n) is 8.36. The number of alkyl halides is 3. The van der Waals surface area contributed by atoms with E-state index in [1.807, 2.05) is 31.0 Å². The Labute approximate surface area is 155 Å². The van der Waals surface area contributed by atoms with Crippen molar-refractivity contribution in [2.45, 2.75) is 33.0 Å². The molecule has 0 aliphatic heterocycles. The summed E-state index contributed by atoms with van der Waals surface area (Å²) in [5, 5.41) is 4.71. The third-order valence-corrected chi connectivity index (χ3v) is 4.70. The van der Waals surface area contributed by atoms with Crippen LogP contribution in [0.1, 0.15) is 28.8 Å². The molecule has 0 saturated carbocycles. The standard InChI is InChI=1S/C18H23F3N4S/c1-4-22-17(25(3)11-14-8-6-5-7-13(14)2)23-10-9-16-24-15(12-26-16)18(19,20)21/h5-8,12H,4,9-11H2,1-3H3,(H,22,23). The zero-order chi connectivity index (χ0) is 19.2. The Bertz CT molecular complexity index is 740. The lowest BCUT2D eigenvalue weighted by Crippen LogP contribution is -2.38. The monoisotopic (exact) mass is 384 g/mol. The highest BCUT2D eigenvalue weighted by Crippen LogP contribution is 2.30. The summed E-state index contributed by atoms with van der Waals surface area (Å²) in [5.41, 5.74) is 1.58. The molecule has 0 bridgehead atoms. The minimum atomic E-state index is -4.39. The molecule has 1 heterocycles. The van der Waals surface area contributed by atoms with Gasteiger partial charge in [-0.1, -0.05) is 24.3 Å².